The smallest absolute Gasteiger partial charge is 0.280 e. The zero-order chi connectivity index (χ0) is 12.4. The van der Waals surface area contributed by atoms with Gasteiger partial charge in [0, 0.05) is 30.4 Å². The topological polar surface area (TPSA) is 104 Å². The van der Waals surface area contributed by atoms with E-state index in [0.29, 0.717) is 11.5 Å². The SMILES string of the molecule is Nc1nccnc1-c1nc(-c2ccncc2)no1. The van der Waals surface area contributed by atoms with Gasteiger partial charge >= 0.3 is 0 Å². The lowest BCUT2D eigenvalue weighted by Gasteiger charge is -1.95. The highest BCUT2D eigenvalue weighted by Crippen LogP contribution is 2.22. The molecule has 0 aliphatic carbocycles. The molecule has 88 valence electrons. The van der Waals surface area contributed by atoms with E-state index < -0.39 is 0 Å². The Labute approximate surface area is 102 Å². The first-order valence-corrected chi connectivity index (χ1v) is 5.15. The van der Waals surface area contributed by atoms with E-state index in [-0.39, 0.29) is 11.7 Å². The molecule has 0 aliphatic rings. The average molecular weight is 240 g/mol. The van der Waals surface area contributed by atoms with Crippen LogP contribution >= 0.6 is 0 Å². The van der Waals surface area contributed by atoms with E-state index in [1.54, 1.807) is 24.5 Å². The second-order valence-electron chi connectivity index (χ2n) is 3.45. The number of pyridine rings is 1. The second-order valence-corrected chi connectivity index (χ2v) is 3.45. The van der Waals surface area contributed by atoms with Gasteiger partial charge in [0.15, 0.2) is 11.5 Å². The molecule has 7 nitrogen and oxygen atoms in total. The van der Waals surface area contributed by atoms with Gasteiger partial charge in [-0.2, -0.15) is 4.98 Å². The predicted octanol–water partition coefficient (Wildman–Crippen LogP) is 1.17. The molecule has 0 aliphatic heterocycles. The Morgan fingerprint density at radius 2 is 1.78 bits per heavy atom. The average Bonchev–Trinajstić information content (AvgIpc) is 2.90. The molecule has 3 heterocycles. The van der Waals surface area contributed by atoms with Gasteiger partial charge in [-0.1, -0.05) is 5.16 Å². The van der Waals surface area contributed by atoms with Crippen molar-refractivity contribution in [2.75, 3.05) is 5.73 Å². The van der Waals surface area contributed by atoms with Gasteiger partial charge in [0.25, 0.3) is 5.89 Å². The zero-order valence-electron chi connectivity index (χ0n) is 9.19. The Hall–Kier alpha value is -2.83. The maximum atomic E-state index is 5.69. The van der Waals surface area contributed by atoms with Crippen molar-refractivity contribution < 1.29 is 4.52 Å². The summed E-state index contributed by atoms with van der Waals surface area (Å²) in [6.07, 6.45) is 6.32. The van der Waals surface area contributed by atoms with Crippen LogP contribution in [0.25, 0.3) is 23.0 Å². The molecule has 0 bridgehead atoms. The molecular weight excluding hydrogens is 232 g/mol. The highest BCUT2D eigenvalue weighted by atomic mass is 16.5. The fraction of sp³-hybridized carbons (Fsp3) is 0. The molecule has 0 saturated heterocycles. The summed E-state index contributed by atoms with van der Waals surface area (Å²) in [4.78, 5) is 16.1. The van der Waals surface area contributed by atoms with E-state index in [1.807, 2.05) is 0 Å². The van der Waals surface area contributed by atoms with Crippen LogP contribution in [0.1, 0.15) is 0 Å². The second kappa shape index (κ2) is 4.21. The summed E-state index contributed by atoms with van der Waals surface area (Å²) in [5.41, 5.74) is 6.88. The first-order chi connectivity index (χ1) is 8.84. The lowest BCUT2D eigenvalue weighted by molar-refractivity contribution is 0.431. The van der Waals surface area contributed by atoms with E-state index in [4.69, 9.17) is 10.3 Å². The molecule has 3 rings (SSSR count). The van der Waals surface area contributed by atoms with Crippen molar-refractivity contribution in [2.24, 2.45) is 0 Å². The van der Waals surface area contributed by atoms with E-state index in [1.165, 1.54) is 12.4 Å². The van der Waals surface area contributed by atoms with Crippen LogP contribution in [0.2, 0.25) is 0 Å². The Morgan fingerprint density at radius 3 is 2.56 bits per heavy atom. The zero-order valence-corrected chi connectivity index (χ0v) is 9.19. The molecule has 0 fully saturated rings. The summed E-state index contributed by atoms with van der Waals surface area (Å²) in [5.74, 6) is 0.951. The van der Waals surface area contributed by atoms with Crippen molar-refractivity contribution in [3.05, 3.63) is 36.9 Å². The Kier molecular flexibility index (Phi) is 2.41. The molecule has 2 N–H and O–H groups in total. The fourth-order valence-electron chi connectivity index (χ4n) is 1.45. The summed E-state index contributed by atoms with van der Waals surface area (Å²) in [7, 11) is 0. The summed E-state index contributed by atoms with van der Waals surface area (Å²) >= 11 is 0. The van der Waals surface area contributed by atoms with Crippen molar-refractivity contribution in [1.82, 2.24) is 25.1 Å². The minimum absolute atomic E-state index is 0.243. The van der Waals surface area contributed by atoms with Crippen LogP contribution in [-0.2, 0) is 0 Å². The van der Waals surface area contributed by atoms with Crippen LogP contribution in [0.15, 0.2) is 41.4 Å². The molecule has 0 unspecified atom stereocenters. The van der Waals surface area contributed by atoms with Gasteiger partial charge in [0.05, 0.1) is 0 Å². The molecule has 7 heteroatoms. The van der Waals surface area contributed by atoms with E-state index in [0.717, 1.165) is 5.56 Å². The molecule has 0 spiro atoms. The van der Waals surface area contributed by atoms with Crippen molar-refractivity contribution in [3.8, 4) is 23.0 Å². The largest absolute Gasteiger partial charge is 0.382 e. The number of aromatic nitrogens is 5. The van der Waals surface area contributed by atoms with Gasteiger partial charge in [0.2, 0.25) is 5.82 Å². The van der Waals surface area contributed by atoms with Gasteiger partial charge in [-0.05, 0) is 12.1 Å². The number of hydrogen-bond donors (Lipinski definition) is 1. The maximum absolute atomic E-state index is 5.69. The monoisotopic (exact) mass is 240 g/mol. The first kappa shape index (κ1) is 10.3. The van der Waals surface area contributed by atoms with Gasteiger partial charge < -0.3 is 10.3 Å². The lowest BCUT2D eigenvalue weighted by Crippen LogP contribution is -1.96. The molecule has 3 aromatic heterocycles. The molecular formula is C11H8N6O. The molecule has 0 aromatic carbocycles. The normalized spacial score (nSPS) is 10.4. The molecule has 0 amide bonds. The number of nitrogen functional groups attached to an aromatic ring is 1. The van der Waals surface area contributed by atoms with Crippen LogP contribution in [0, 0.1) is 0 Å². The molecule has 0 atom stereocenters. The third-order valence-electron chi connectivity index (χ3n) is 2.29. The number of rotatable bonds is 2. The van der Waals surface area contributed by atoms with Gasteiger partial charge in [0.1, 0.15) is 0 Å². The van der Waals surface area contributed by atoms with Crippen molar-refractivity contribution in [3.63, 3.8) is 0 Å². The molecule has 18 heavy (non-hydrogen) atoms. The minimum atomic E-state index is 0.243. The predicted molar refractivity (Wildman–Crippen MR) is 63.0 cm³/mol. The van der Waals surface area contributed by atoms with Crippen LogP contribution in [-0.4, -0.2) is 25.1 Å². The Morgan fingerprint density at radius 1 is 1.00 bits per heavy atom. The van der Waals surface area contributed by atoms with Gasteiger partial charge in [-0.15, -0.1) is 0 Å². The van der Waals surface area contributed by atoms with Gasteiger partial charge in [-0.25, -0.2) is 9.97 Å². The van der Waals surface area contributed by atoms with Crippen molar-refractivity contribution in [2.45, 2.75) is 0 Å². The number of anilines is 1. The number of nitrogens with zero attached hydrogens (tertiary/aromatic N) is 5. The van der Waals surface area contributed by atoms with Crippen molar-refractivity contribution in [1.29, 1.82) is 0 Å². The van der Waals surface area contributed by atoms with Crippen LogP contribution in [0.5, 0.6) is 0 Å². The molecule has 3 aromatic rings. The summed E-state index contributed by atoms with van der Waals surface area (Å²) < 4.78 is 5.12. The fourth-order valence-corrected chi connectivity index (χ4v) is 1.45. The third kappa shape index (κ3) is 1.77. The summed E-state index contributed by atoms with van der Waals surface area (Å²) in [6, 6.07) is 3.57. The van der Waals surface area contributed by atoms with Crippen LogP contribution in [0.3, 0.4) is 0 Å². The third-order valence-corrected chi connectivity index (χ3v) is 2.29. The van der Waals surface area contributed by atoms with Gasteiger partial charge in [-0.3, -0.25) is 4.98 Å². The summed E-state index contributed by atoms with van der Waals surface area (Å²) in [5, 5.41) is 3.87. The number of nitrogens with two attached hydrogens (primary N) is 1. The first-order valence-electron chi connectivity index (χ1n) is 5.15. The standard InChI is InChI=1S/C11H8N6O/c12-9-8(14-5-6-15-9)11-16-10(17-18-11)7-1-3-13-4-2-7/h1-6H,(H2,12,15). The van der Waals surface area contributed by atoms with E-state index in [2.05, 4.69) is 25.1 Å². The molecule has 0 radical (unpaired) electrons. The lowest BCUT2D eigenvalue weighted by atomic mass is 10.2. The van der Waals surface area contributed by atoms with Crippen molar-refractivity contribution >= 4 is 5.82 Å². The Bertz CT molecular complexity index is 666. The van der Waals surface area contributed by atoms with Crippen LogP contribution < -0.4 is 5.73 Å². The quantitative estimate of drug-likeness (QED) is 0.716. The Balaban J connectivity index is 2.03. The van der Waals surface area contributed by atoms with Crippen LogP contribution in [0.4, 0.5) is 5.82 Å². The highest BCUT2D eigenvalue weighted by molar-refractivity contribution is 5.63. The summed E-state index contributed by atoms with van der Waals surface area (Å²) in [6.45, 7) is 0. The maximum Gasteiger partial charge on any atom is 0.280 e. The molecule has 0 saturated carbocycles. The highest BCUT2D eigenvalue weighted by Gasteiger charge is 2.14. The van der Waals surface area contributed by atoms with E-state index >= 15 is 0 Å². The minimum Gasteiger partial charge on any atom is -0.382 e. The number of hydrogen-bond acceptors (Lipinski definition) is 7. The van der Waals surface area contributed by atoms with E-state index in [9.17, 15) is 0 Å².